The lowest BCUT2D eigenvalue weighted by Gasteiger charge is -2.25. The zero-order valence-corrected chi connectivity index (χ0v) is 22.3. The Balaban J connectivity index is 1.31. The maximum absolute atomic E-state index is 2.68. The Morgan fingerprint density at radius 2 is 0.921 bits per heavy atom. The molecule has 38 heavy (non-hydrogen) atoms. The van der Waals surface area contributed by atoms with Crippen molar-refractivity contribution in [3.63, 3.8) is 0 Å². The lowest BCUT2D eigenvalue weighted by Crippen LogP contribution is -2.27. The summed E-state index contributed by atoms with van der Waals surface area (Å²) >= 11 is 0. The zero-order chi connectivity index (χ0) is 25.3. The van der Waals surface area contributed by atoms with Crippen LogP contribution in [0.2, 0.25) is 0 Å². The third kappa shape index (κ3) is 4.33. The number of rotatable bonds is 5. The van der Waals surface area contributed by atoms with E-state index in [2.05, 4.69) is 138 Å². The third-order valence-corrected chi connectivity index (χ3v) is 10.3. The van der Waals surface area contributed by atoms with E-state index >= 15 is 0 Å². The topological polar surface area (TPSA) is 3.24 Å². The summed E-state index contributed by atoms with van der Waals surface area (Å²) in [7, 11) is -0.417. The predicted molar refractivity (Wildman–Crippen MR) is 165 cm³/mol. The van der Waals surface area contributed by atoms with Crippen LogP contribution in [-0.4, -0.2) is 17.6 Å². The van der Waals surface area contributed by atoms with Gasteiger partial charge in [0.25, 0.3) is 0 Å². The van der Waals surface area contributed by atoms with Gasteiger partial charge >= 0.3 is 0 Å². The Morgan fingerprint density at radius 1 is 0.474 bits per heavy atom. The van der Waals surface area contributed by atoms with Crippen molar-refractivity contribution in [2.75, 3.05) is 12.7 Å². The molecule has 1 nitrogen and oxygen atoms in total. The average molecular weight is 508 g/mol. The van der Waals surface area contributed by atoms with E-state index in [9.17, 15) is 0 Å². The van der Waals surface area contributed by atoms with Crippen LogP contribution in [0.5, 0.6) is 0 Å². The van der Waals surface area contributed by atoms with Gasteiger partial charge in [-0.25, -0.2) is 0 Å². The highest BCUT2D eigenvalue weighted by atomic mass is 31.1. The number of nitrogens with zero attached hydrogens (tertiary/aromatic N) is 1. The van der Waals surface area contributed by atoms with E-state index in [4.69, 9.17) is 0 Å². The van der Waals surface area contributed by atoms with Gasteiger partial charge in [0, 0.05) is 19.6 Å². The first-order valence-corrected chi connectivity index (χ1v) is 15.0. The molecule has 0 spiro atoms. The van der Waals surface area contributed by atoms with Gasteiger partial charge in [0.15, 0.2) is 0 Å². The molecule has 1 aliphatic heterocycles. The summed E-state index contributed by atoms with van der Waals surface area (Å²) in [4.78, 5) is 2.68. The Kier molecular flexibility index (Phi) is 6.26. The smallest absolute Gasteiger partial charge is 0.0243 e. The van der Waals surface area contributed by atoms with Crippen LogP contribution in [0.25, 0.3) is 32.7 Å². The van der Waals surface area contributed by atoms with Gasteiger partial charge in [-0.3, -0.25) is 4.90 Å². The summed E-state index contributed by atoms with van der Waals surface area (Å²) in [5.41, 5.74) is 5.71. The molecule has 0 aliphatic carbocycles. The van der Waals surface area contributed by atoms with Gasteiger partial charge in [0.1, 0.15) is 0 Å². The lowest BCUT2D eigenvalue weighted by atomic mass is 9.88. The van der Waals surface area contributed by atoms with Crippen molar-refractivity contribution in [3.8, 4) is 11.1 Å². The van der Waals surface area contributed by atoms with Crippen molar-refractivity contribution in [2.24, 2.45) is 0 Å². The minimum atomic E-state index is -0.417. The van der Waals surface area contributed by atoms with Gasteiger partial charge in [-0.1, -0.05) is 133 Å². The maximum atomic E-state index is 2.68. The molecule has 184 valence electrons. The Labute approximate surface area is 226 Å². The second-order valence-corrected chi connectivity index (χ2v) is 12.5. The van der Waals surface area contributed by atoms with Gasteiger partial charge in [-0.2, -0.15) is 0 Å². The molecule has 6 aromatic carbocycles. The van der Waals surface area contributed by atoms with Gasteiger partial charge in [0.2, 0.25) is 0 Å². The van der Waals surface area contributed by atoms with Crippen LogP contribution in [-0.2, 0) is 13.1 Å². The highest BCUT2D eigenvalue weighted by molar-refractivity contribution is 7.73. The number of hydrogen-bond donors (Lipinski definition) is 0. The first kappa shape index (κ1) is 23.4. The summed E-state index contributed by atoms with van der Waals surface area (Å²) in [6.07, 6.45) is 1.15. The van der Waals surface area contributed by atoms with Crippen LogP contribution < -0.4 is 10.6 Å². The first-order valence-electron chi connectivity index (χ1n) is 13.5. The molecular weight excluding hydrogens is 477 g/mol. The number of benzene rings is 6. The summed E-state index contributed by atoms with van der Waals surface area (Å²) in [6.45, 7) is 3.00. The standard InChI is InChI=1S/C36H30NP/c1-3-13-31(14-4-1)38(32-15-5-2-6-16-32)24-23-37-25-29-21-19-27-11-7-9-17-33(27)35(29)36-30(26-37)22-20-28-12-8-10-18-34(28)36/h1-22H,23-26H2. The molecule has 0 atom stereocenters. The molecule has 0 radical (unpaired) electrons. The number of fused-ring (bicyclic) bond motifs is 7. The van der Waals surface area contributed by atoms with Gasteiger partial charge in [-0.15, -0.1) is 0 Å². The summed E-state index contributed by atoms with van der Waals surface area (Å²) in [6, 6.07) is 49.4. The highest BCUT2D eigenvalue weighted by Crippen LogP contribution is 2.42. The molecule has 0 bridgehead atoms. The summed E-state index contributed by atoms with van der Waals surface area (Å²) < 4.78 is 0. The van der Waals surface area contributed by atoms with E-state index in [0.717, 1.165) is 25.8 Å². The van der Waals surface area contributed by atoms with Crippen LogP contribution >= 0.6 is 7.92 Å². The molecule has 0 amide bonds. The Morgan fingerprint density at radius 3 is 1.42 bits per heavy atom. The van der Waals surface area contributed by atoms with Crippen LogP contribution in [0.3, 0.4) is 0 Å². The molecular formula is C36H30NP. The van der Waals surface area contributed by atoms with Gasteiger partial charge in [0.05, 0.1) is 0 Å². The molecule has 6 aromatic rings. The quantitative estimate of drug-likeness (QED) is 0.213. The zero-order valence-electron chi connectivity index (χ0n) is 21.4. The van der Waals surface area contributed by atoms with Crippen molar-refractivity contribution < 1.29 is 0 Å². The Bertz CT molecular complexity index is 1600. The van der Waals surface area contributed by atoms with Crippen molar-refractivity contribution in [2.45, 2.75) is 13.1 Å². The molecule has 1 aliphatic rings. The van der Waals surface area contributed by atoms with Gasteiger partial charge in [-0.05, 0) is 68.5 Å². The fourth-order valence-corrected chi connectivity index (χ4v) is 8.41. The molecule has 0 N–H and O–H groups in total. The van der Waals surface area contributed by atoms with Crippen molar-refractivity contribution in [1.29, 1.82) is 0 Å². The van der Waals surface area contributed by atoms with E-state index in [1.807, 2.05) is 0 Å². The van der Waals surface area contributed by atoms with Crippen LogP contribution in [0.15, 0.2) is 133 Å². The second-order valence-electron chi connectivity index (χ2n) is 10.2. The molecule has 0 aromatic heterocycles. The minimum absolute atomic E-state index is 0.417. The SMILES string of the molecule is c1ccc(P(CCN2Cc3ccc4ccccc4c3-c3c(ccc4ccccc34)C2)c2ccccc2)cc1. The minimum Gasteiger partial charge on any atom is -0.294 e. The largest absolute Gasteiger partial charge is 0.294 e. The predicted octanol–water partition coefficient (Wildman–Crippen LogP) is 8.11. The molecule has 1 heterocycles. The lowest BCUT2D eigenvalue weighted by molar-refractivity contribution is 0.276. The normalized spacial score (nSPS) is 13.4. The highest BCUT2D eigenvalue weighted by Gasteiger charge is 2.24. The second kappa shape index (κ2) is 10.2. The monoisotopic (exact) mass is 507 g/mol. The van der Waals surface area contributed by atoms with Crippen LogP contribution in [0.1, 0.15) is 11.1 Å². The van der Waals surface area contributed by atoms with E-state index < -0.39 is 7.92 Å². The van der Waals surface area contributed by atoms with E-state index in [0.29, 0.717) is 0 Å². The first-order chi connectivity index (χ1) is 18.8. The van der Waals surface area contributed by atoms with E-state index in [-0.39, 0.29) is 0 Å². The molecule has 0 saturated carbocycles. The molecule has 2 heteroatoms. The third-order valence-electron chi connectivity index (χ3n) is 7.84. The maximum Gasteiger partial charge on any atom is 0.0243 e. The molecule has 0 unspecified atom stereocenters. The fraction of sp³-hybridized carbons (Fsp3) is 0.111. The molecule has 0 fully saturated rings. The Hall–Kier alpha value is -3.77. The van der Waals surface area contributed by atoms with Gasteiger partial charge < -0.3 is 0 Å². The van der Waals surface area contributed by atoms with E-state index in [1.165, 1.54) is 54.4 Å². The average Bonchev–Trinajstić information content (AvgIpc) is 3.15. The summed E-state index contributed by atoms with van der Waals surface area (Å²) in [5, 5.41) is 8.27. The van der Waals surface area contributed by atoms with Crippen LogP contribution in [0, 0.1) is 0 Å². The van der Waals surface area contributed by atoms with Crippen molar-refractivity contribution in [3.05, 3.63) is 145 Å². The number of hydrogen-bond acceptors (Lipinski definition) is 1. The fourth-order valence-electron chi connectivity index (χ4n) is 6.05. The molecule has 7 rings (SSSR count). The van der Waals surface area contributed by atoms with Crippen molar-refractivity contribution >= 4 is 40.1 Å². The summed E-state index contributed by atoms with van der Waals surface area (Å²) in [5.74, 6) is 0. The molecule has 0 saturated heterocycles. The van der Waals surface area contributed by atoms with Crippen LogP contribution in [0.4, 0.5) is 0 Å². The van der Waals surface area contributed by atoms with Crippen molar-refractivity contribution in [1.82, 2.24) is 4.90 Å². The van der Waals surface area contributed by atoms with E-state index in [1.54, 1.807) is 0 Å².